The summed E-state index contributed by atoms with van der Waals surface area (Å²) in [4.78, 5) is 23.7. The molecule has 0 saturated carbocycles. The number of hydrogen-bond donors (Lipinski definition) is 1. The van der Waals surface area contributed by atoms with Crippen LogP contribution in [0.25, 0.3) is 0 Å². The van der Waals surface area contributed by atoms with Crippen LogP contribution in [0.15, 0.2) is 36.4 Å². The topological polar surface area (TPSA) is 63.6 Å². The third-order valence-electron chi connectivity index (χ3n) is 3.99. The fraction of sp³-hybridized carbons (Fsp3) is 0.333. The van der Waals surface area contributed by atoms with E-state index in [4.69, 9.17) is 4.74 Å². The molecule has 2 heterocycles. The molecule has 3 aliphatic rings. The Morgan fingerprint density at radius 2 is 2.00 bits per heavy atom. The predicted molar refractivity (Wildman–Crippen MR) is 67.3 cm³/mol. The van der Waals surface area contributed by atoms with Crippen LogP contribution in [-0.4, -0.2) is 28.6 Å². The number of rotatable bonds is 2. The lowest BCUT2D eigenvalue weighted by Gasteiger charge is -2.47. The summed E-state index contributed by atoms with van der Waals surface area (Å²) in [6.45, 7) is 1.33. The first-order valence-corrected chi connectivity index (χ1v) is 6.32. The highest BCUT2D eigenvalue weighted by Gasteiger charge is 2.59. The molecule has 4 atom stereocenters. The van der Waals surface area contributed by atoms with Gasteiger partial charge in [0.2, 0.25) is 0 Å². The van der Waals surface area contributed by atoms with Crippen LogP contribution in [0.2, 0.25) is 0 Å². The van der Waals surface area contributed by atoms with Crippen LogP contribution in [0.3, 0.4) is 0 Å². The molecule has 1 aromatic rings. The van der Waals surface area contributed by atoms with Crippen molar-refractivity contribution in [3.8, 4) is 0 Å². The first-order chi connectivity index (χ1) is 9.43. The second-order valence-corrected chi connectivity index (χ2v) is 5.22. The average molecular weight is 276 g/mol. The van der Waals surface area contributed by atoms with Gasteiger partial charge >= 0.3 is 5.97 Å². The summed E-state index contributed by atoms with van der Waals surface area (Å²) in [5, 5.41) is 10.4. The van der Waals surface area contributed by atoms with Gasteiger partial charge in [0.1, 0.15) is 17.7 Å². The van der Waals surface area contributed by atoms with Crippen molar-refractivity contribution >= 4 is 11.8 Å². The van der Waals surface area contributed by atoms with Crippen LogP contribution in [0, 0.1) is 11.7 Å². The van der Waals surface area contributed by atoms with Crippen LogP contribution >= 0.6 is 0 Å². The third-order valence-corrected chi connectivity index (χ3v) is 3.99. The molecule has 0 aromatic heterocycles. The third kappa shape index (κ3) is 1.70. The molecule has 1 N–H and O–H groups in total. The van der Waals surface area contributed by atoms with Crippen molar-refractivity contribution in [3.05, 3.63) is 47.8 Å². The van der Waals surface area contributed by atoms with E-state index in [9.17, 15) is 19.1 Å². The summed E-state index contributed by atoms with van der Waals surface area (Å²) in [6, 6.07) is 5.65. The van der Waals surface area contributed by atoms with E-state index in [1.54, 1.807) is 18.2 Å². The number of Topliss-reactive ketones (excluding diaryl/α,β-unsaturated/α-hetero) is 1. The molecule has 0 radical (unpaired) electrons. The number of ether oxygens (including phenoxy) is 1. The zero-order valence-corrected chi connectivity index (χ0v) is 10.7. The standard InChI is InChI=1S/C15H13FO4/c1-8(17)13-12(9-2-4-10(16)5-3-9)11-6-7-15(13,19)14(18)20-11/h2-7,11-13,19H,1H3/t11-,12+,13-,15-/m1/s1. The molecule has 4 nitrogen and oxygen atoms in total. The van der Waals surface area contributed by atoms with E-state index in [1.165, 1.54) is 25.1 Å². The summed E-state index contributed by atoms with van der Waals surface area (Å²) in [5.41, 5.74) is -1.27. The molecule has 1 saturated heterocycles. The largest absolute Gasteiger partial charge is 0.455 e. The van der Waals surface area contributed by atoms with Crippen molar-refractivity contribution < 1.29 is 23.8 Å². The van der Waals surface area contributed by atoms with Crippen LogP contribution in [-0.2, 0) is 14.3 Å². The van der Waals surface area contributed by atoms with Crippen molar-refractivity contribution in [1.29, 1.82) is 0 Å². The van der Waals surface area contributed by atoms with E-state index < -0.39 is 29.5 Å². The Hall–Kier alpha value is -2.01. The predicted octanol–water partition coefficient (Wildman–Crippen LogP) is 1.34. The maximum absolute atomic E-state index is 13.0. The number of hydrogen-bond acceptors (Lipinski definition) is 4. The second-order valence-electron chi connectivity index (χ2n) is 5.22. The fourth-order valence-corrected chi connectivity index (χ4v) is 3.08. The lowest BCUT2D eigenvalue weighted by molar-refractivity contribution is -0.189. The monoisotopic (exact) mass is 276 g/mol. The van der Waals surface area contributed by atoms with Gasteiger partial charge in [-0.2, -0.15) is 0 Å². The van der Waals surface area contributed by atoms with Crippen molar-refractivity contribution in [2.45, 2.75) is 24.5 Å². The molecule has 5 heteroatoms. The van der Waals surface area contributed by atoms with E-state index in [0.717, 1.165) is 0 Å². The summed E-state index contributed by atoms with van der Waals surface area (Å²) < 4.78 is 18.2. The Bertz CT molecular complexity index is 607. The number of aliphatic hydroxyl groups is 1. The Morgan fingerprint density at radius 3 is 2.55 bits per heavy atom. The molecule has 1 aromatic carbocycles. The number of halogens is 1. The van der Waals surface area contributed by atoms with Crippen molar-refractivity contribution in [1.82, 2.24) is 0 Å². The van der Waals surface area contributed by atoms with E-state index in [2.05, 4.69) is 0 Å². The molecule has 20 heavy (non-hydrogen) atoms. The summed E-state index contributed by atoms with van der Waals surface area (Å²) in [6.07, 6.45) is 2.29. The Labute approximate surface area is 114 Å². The minimum atomic E-state index is -1.93. The quantitative estimate of drug-likeness (QED) is 0.654. The Kier molecular flexibility index (Phi) is 2.76. The maximum Gasteiger partial charge on any atom is 0.343 e. The van der Waals surface area contributed by atoms with E-state index in [-0.39, 0.29) is 11.6 Å². The van der Waals surface area contributed by atoms with Gasteiger partial charge in [-0.3, -0.25) is 4.79 Å². The van der Waals surface area contributed by atoms with Crippen molar-refractivity contribution in [2.75, 3.05) is 0 Å². The number of ketones is 1. The summed E-state index contributed by atoms with van der Waals surface area (Å²) in [7, 11) is 0. The van der Waals surface area contributed by atoms with Gasteiger partial charge in [-0.15, -0.1) is 0 Å². The number of carbonyl (C=O) groups is 2. The van der Waals surface area contributed by atoms with E-state index >= 15 is 0 Å². The van der Waals surface area contributed by atoms with Gasteiger partial charge in [0.15, 0.2) is 5.60 Å². The first-order valence-electron chi connectivity index (χ1n) is 6.32. The molecule has 0 spiro atoms. The summed E-state index contributed by atoms with van der Waals surface area (Å²) in [5.74, 6) is -2.90. The summed E-state index contributed by atoms with van der Waals surface area (Å²) >= 11 is 0. The van der Waals surface area contributed by atoms with E-state index in [0.29, 0.717) is 5.56 Å². The van der Waals surface area contributed by atoms with Gasteiger partial charge in [-0.1, -0.05) is 12.1 Å². The van der Waals surface area contributed by atoms with Crippen molar-refractivity contribution in [3.63, 3.8) is 0 Å². The second kappa shape index (κ2) is 4.24. The molecule has 1 aliphatic carbocycles. The molecule has 4 rings (SSSR count). The molecular weight excluding hydrogens is 263 g/mol. The maximum atomic E-state index is 13.0. The van der Waals surface area contributed by atoms with Gasteiger partial charge in [-0.25, -0.2) is 9.18 Å². The molecule has 104 valence electrons. The van der Waals surface area contributed by atoms with Crippen molar-refractivity contribution in [2.24, 2.45) is 5.92 Å². The number of benzene rings is 1. The number of carbonyl (C=O) groups excluding carboxylic acids is 2. The van der Waals surface area contributed by atoms with Gasteiger partial charge in [0.05, 0.1) is 5.92 Å². The molecule has 1 fully saturated rings. The highest BCUT2D eigenvalue weighted by atomic mass is 19.1. The number of fused-ring (bicyclic) bond motifs is 2. The lowest BCUT2D eigenvalue weighted by Crippen LogP contribution is -2.60. The Balaban J connectivity index is 2.11. The average Bonchev–Trinajstić information content (AvgIpc) is 2.40. The minimum Gasteiger partial charge on any atom is -0.455 e. The molecule has 2 aliphatic heterocycles. The Morgan fingerprint density at radius 1 is 1.35 bits per heavy atom. The SMILES string of the molecule is CC(=O)[C@@H]1[C@@H](c2ccc(F)cc2)[C@H]2C=C[C@]1(O)C(=O)O2. The zero-order valence-electron chi connectivity index (χ0n) is 10.7. The molecule has 2 bridgehead atoms. The van der Waals surface area contributed by atoms with Crippen LogP contribution in [0.1, 0.15) is 18.4 Å². The van der Waals surface area contributed by atoms with Gasteiger partial charge < -0.3 is 9.84 Å². The minimum absolute atomic E-state index is 0.298. The molecule has 0 unspecified atom stereocenters. The first kappa shape index (κ1) is 13.0. The van der Waals surface area contributed by atoms with Gasteiger partial charge in [-0.05, 0) is 36.8 Å². The van der Waals surface area contributed by atoms with Crippen LogP contribution in [0.4, 0.5) is 4.39 Å². The van der Waals surface area contributed by atoms with Gasteiger partial charge in [0.25, 0.3) is 0 Å². The smallest absolute Gasteiger partial charge is 0.343 e. The molecular formula is C15H13FO4. The van der Waals surface area contributed by atoms with Gasteiger partial charge in [0, 0.05) is 5.92 Å². The van der Waals surface area contributed by atoms with Crippen LogP contribution < -0.4 is 0 Å². The van der Waals surface area contributed by atoms with Crippen LogP contribution in [0.5, 0.6) is 0 Å². The molecule has 0 amide bonds. The number of esters is 1. The van der Waals surface area contributed by atoms with E-state index in [1.807, 2.05) is 0 Å². The zero-order chi connectivity index (χ0) is 14.5. The normalized spacial score (nSPS) is 35.0. The lowest BCUT2D eigenvalue weighted by atomic mass is 9.65. The highest BCUT2D eigenvalue weighted by molar-refractivity contribution is 5.94. The highest BCUT2D eigenvalue weighted by Crippen LogP contribution is 2.47. The fourth-order valence-electron chi connectivity index (χ4n) is 3.08.